The topological polar surface area (TPSA) is 121 Å². The summed E-state index contributed by atoms with van der Waals surface area (Å²) < 4.78 is 160. The lowest BCUT2D eigenvalue weighted by Gasteiger charge is -2.43. The van der Waals surface area contributed by atoms with Crippen molar-refractivity contribution in [3.05, 3.63) is 65.0 Å². The van der Waals surface area contributed by atoms with Gasteiger partial charge in [-0.3, -0.25) is 0 Å². The molecule has 1 aliphatic carbocycles. The van der Waals surface area contributed by atoms with Gasteiger partial charge in [0.15, 0.2) is 19.7 Å². The molecule has 0 radical (unpaired) electrons. The second kappa shape index (κ2) is 10.3. The number of likely N-dealkylation sites (tertiary alicyclic amines) is 1. The lowest BCUT2D eigenvalue weighted by atomic mass is 9.77. The van der Waals surface area contributed by atoms with Gasteiger partial charge in [-0.05, 0) is 54.7 Å². The molecule has 2 amide bonds. The zero-order chi connectivity index (χ0) is 32.7. The van der Waals surface area contributed by atoms with E-state index in [2.05, 4.69) is 5.32 Å². The van der Waals surface area contributed by atoms with Gasteiger partial charge in [0, 0.05) is 12.1 Å². The Bertz CT molecular complexity index is 1680. The van der Waals surface area contributed by atoms with E-state index in [0.29, 0.717) is 12.1 Å². The molecule has 2 aliphatic heterocycles. The maximum absolute atomic E-state index is 14.9. The van der Waals surface area contributed by atoms with Crippen LogP contribution in [0.3, 0.4) is 0 Å². The molecule has 5 rings (SSSR count). The molecule has 2 N–H and O–H groups in total. The van der Waals surface area contributed by atoms with Crippen molar-refractivity contribution in [2.45, 2.75) is 65.1 Å². The first-order valence-corrected chi connectivity index (χ1v) is 16.4. The molecule has 2 saturated heterocycles. The van der Waals surface area contributed by atoms with E-state index in [0.717, 1.165) is 29.2 Å². The molecular weight excluding hydrogens is 652 g/mol. The van der Waals surface area contributed by atoms with Gasteiger partial charge >= 0.3 is 24.1 Å². The van der Waals surface area contributed by atoms with Crippen LogP contribution < -0.4 is 5.32 Å². The molecule has 18 heteroatoms. The number of fused-ring (bicyclic) bond motifs is 3. The predicted octanol–water partition coefficient (Wildman–Crippen LogP) is 3.67. The maximum atomic E-state index is 14.9. The molecule has 2 fully saturated rings. The minimum Gasteiger partial charge on any atom is -0.390 e. The smallest absolute Gasteiger partial charge is 0.390 e. The van der Waals surface area contributed by atoms with Crippen LogP contribution in [0, 0.1) is 5.82 Å². The number of aliphatic hydroxyl groups is 1. The van der Waals surface area contributed by atoms with Crippen LogP contribution in [0.2, 0.25) is 0 Å². The fourth-order valence-electron chi connectivity index (χ4n) is 6.51. The van der Waals surface area contributed by atoms with Crippen LogP contribution in [0.5, 0.6) is 0 Å². The first-order valence-electron chi connectivity index (χ1n) is 13.1. The number of rotatable bonds is 4. The van der Waals surface area contributed by atoms with Crippen LogP contribution in [-0.2, 0) is 36.5 Å². The Labute approximate surface area is 245 Å². The number of halogens is 8. The highest BCUT2D eigenvalue weighted by Gasteiger charge is 2.74. The fourth-order valence-corrected chi connectivity index (χ4v) is 10.6. The van der Waals surface area contributed by atoms with E-state index >= 15 is 0 Å². The van der Waals surface area contributed by atoms with Crippen molar-refractivity contribution in [1.82, 2.24) is 10.2 Å². The monoisotopic (exact) mass is 676 g/mol. The van der Waals surface area contributed by atoms with E-state index in [1.165, 1.54) is 0 Å². The van der Waals surface area contributed by atoms with E-state index in [1.54, 1.807) is 0 Å². The van der Waals surface area contributed by atoms with Gasteiger partial charge in [-0.1, -0.05) is 18.2 Å². The van der Waals surface area contributed by atoms with Gasteiger partial charge in [0.2, 0.25) is 0 Å². The lowest BCUT2D eigenvalue weighted by Crippen LogP contribution is -2.56. The van der Waals surface area contributed by atoms with Gasteiger partial charge in [-0.2, -0.15) is 26.3 Å². The van der Waals surface area contributed by atoms with E-state index in [1.807, 2.05) is 0 Å². The first-order chi connectivity index (χ1) is 20.2. The minimum absolute atomic E-state index is 0.215. The number of aryl methyl sites for hydroxylation is 1. The standard InChI is InChI=1S/C26H24F8N2O6S2/c27-16-3-5-17(6-4-16)44(41,42)23-9-10-36(22(38)35-19-12-43(39,40)13-20(19)37)21(23)8-1-14-11-15(2-7-18(14)23)24(28,25(29,30)31)26(32,33)34/h2-7,11,19-21,37H,1,8-10,12-13H2,(H,35,38)/t19?,20?,21-,23-/m1/s1. The largest absolute Gasteiger partial charge is 0.435 e. The third kappa shape index (κ3) is 4.83. The average Bonchev–Trinajstić information content (AvgIpc) is 3.43. The maximum Gasteiger partial charge on any atom is 0.435 e. The molecule has 2 aromatic rings. The van der Waals surface area contributed by atoms with Crippen LogP contribution >= 0.6 is 0 Å². The predicted molar refractivity (Wildman–Crippen MR) is 137 cm³/mol. The van der Waals surface area contributed by atoms with Crippen molar-refractivity contribution in [1.29, 1.82) is 0 Å². The number of nitrogens with zero attached hydrogens (tertiary/aromatic N) is 1. The van der Waals surface area contributed by atoms with Crippen molar-refractivity contribution < 1.29 is 61.9 Å². The number of aliphatic hydroxyl groups excluding tert-OH is 1. The summed E-state index contributed by atoms with van der Waals surface area (Å²) in [7, 11) is -8.38. The fraction of sp³-hybridized carbons (Fsp3) is 0.500. The average molecular weight is 677 g/mol. The van der Waals surface area contributed by atoms with Gasteiger partial charge in [-0.15, -0.1) is 0 Å². The number of benzene rings is 2. The normalized spacial score (nSPS) is 27.1. The summed E-state index contributed by atoms with van der Waals surface area (Å²) in [5.41, 5.74) is -8.14. The quantitative estimate of drug-likeness (QED) is 0.377. The van der Waals surface area contributed by atoms with Crippen LogP contribution in [0.4, 0.5) is 39.9 Å². The third-order valence-corrected chi connectivity index (χ3v) is 12.8. The molecule has 44 heavy (non-hydrogen) atoms. The van der Waals surface area contributed by atoms with Crippen molar-refractivity contribution in [2.24, 2.45) is 0 Å². The SMILES string of the molecule is O=C(NC1CS(=O)(=O)CC1O)N1CC[C@@]2(S(=O)(=O)c3ccc(F)cc3)c3ccc(C(F)(C(F)(F)F)C(F)(F)F)cc3CC[C@@H]12. The zero-order valence-corrected chi connectivity index (χ0v) is 23.9. The molecule has 3 aliphatic rings. The first kappa shape index (κ1) is 32.4. The summed E-state index contributed by atoms with van der Waals surface area (Å²) in [4.78, 5) is 13.9. The van der Waals surface area contributed by atoms with Crippen molar-refractivity contribution in [3.8, 4) is 0 Å². The van der Waals surface area contributed by atoms with Gasteiger partial charge in [-0.25, -0.2) is 30.4 Å². The minimum atomic E-state index is -6.41. The number of carbonyl (C=O) groups is 1. The molecule has 0 bridgehead atoms. The Kier molecular flexibility index (Phi) is 7.56. The van der Waals surface area contributed by atoms with E-state index in [-0.39, 0.29) is 36.6 Å². The summed E-state index contributed by atoms with van der Waals surface area (Å²) >= 11 is 0. The summed E-state index contributed by atoms with van der Waals surface area (Å²) in [5.74, 6) is -2.01. The van der Waals surface area contributed by atoms with Crippen molar-refractivity contribution in [2.75, 3.05) is 18.1 Å². The number of urea groups is 1. The molecule has 0 saturated carbocycles. The number of alkyl halides is 7. The number of sulfone groups is 2. The highest BCUT2D eigenvalue weighted by Crippen LogP contribution is 2.56. The number of amides is 2. The molecule has 2 aromatic carbocycles. The Balaban J connectivity index is 1.63. The number of carbonyl (C=O) groups excluding carboxylic acids is 1. The summed E-state index contributed by atoms with van der Waals surface area (Å²) in [6.45, 7) is -0.314. The second-order valence-electron chi connectivity index (χ2n) is 11.1. The molecule has 8 nitrogen and oxygen atoms in total. The molecule has 2 heterocycles. The van der Waals surface area contributed by atoms with Crippen LogP contribution in [0.1, 0.15) is 29.5 Å². The number of hydrogen-bond donors (Lipinski definition) is 2. The summed E-state index contributed by atoms with van der Waals surface area (Å²) in [6, 6.07) is 1.26. The Hall–Kier alpha value is -2.99. The lowest BCUT2D eigenvalue weighted by molar-refractivity contribution is -0.348. The van der Waals surface area contributed by atoms with Gasteiger partial charge in [0.1, 0.15) is 10.6 Å². The zero-order valence-electron chi connectivity index (χ0n) is 22.3. The van der Waals surface area contributed by atoms with E-state index in [9.17, 15) is 61.9 Å². The third-order valence-electron chi connectivity index (χ3n) is 8.56. The Morgan fingerprint density at radius 3 is 2.14 bits per heavy atom. The van der Waals surface area contributed by atoms with Crippen LogP contribution in [0.25, 0.3) is 0 Å². The van der Waals surface area contributed by atoms with Crippen molar-refractivity contribution in [3.63, 3.8) is 0 Å². The highest BCUT2D eigenvalue weighted by atomic mass is 32.2. The van der Waals surface area contributed by atoms with Gasteiger partial charge < -0.3 is 15.3 Å². The van der Waals surface area contributed by atoms with Crippen LogP contribution in [0.15, 0.2) is 47.4 Å². The Morgan fingerprint density at radius 1 is 0.977 bits per heavy atom. The van der Waals surface area contributed by atoms with E-state index in [4.69, 9.17) is 0 Å². The second-order valence-corrected chi connectivity index (χ2v) is 15.4. The number of nitrogens with one attached hydrogen (secondary N) is 1. The van der Waals surface area contributed by atoms with E-state index < -0.39 is 101 Å². The Morgan fingerprint density at radius 2 is 1.59 bits per heavy atom. The van der Waals surface area contributed by atoms with Crippen LogP contribution in [-0.4, -0.2) is 81.5 Å². The van der Waals surface area contributed by atoms with Crippen molar-refractivity contribution >= 4 is 25.7 Å². The summed E-state index contributed by atoms with van der Waals surface area (Å²) in [6.07, 6.45) is -15.3. The molecule has 2 unspecified atom stereocenters. The molecular formula is C26H24F8N2O6S2. The summed E-state index contributed by atoms with van der Waals surface area (Å²) in [5, 5.41) is 12.5. The van der Waals surface area contributed by atoms with Gasteiger partial charge in [0.05, 0.1) is 34.6 Å². The molecule has 242 valence electrons. The number of hydrogen-bond acceptors (Lipinski definition) is 6. The highest BCUT2D eigenvalue weighted by molar-refractivity contribution is 7.92. The molecule has 4 atom stereocenters. The molecule has 0 aromatic heterocycles. The van der Waals surface area contributed by atoms with Gasteiger partial charge in [0.25, 0.3) is 0 Å². The molecule has 0 spiro atoms.